The number of amides is 1. The van der Waals surface area contributed by atoms with E-state index >= 15 is 0 Å². The van der Waals surface area contributed by atoms with Gasteiger partial charge in [0.05, 0.1) is 17.9 Å². The zero-order chi connectivity index (χ0) is 21.6. The van der Waals surface area contributed by atoms with Gasteiger partial charge in [0.15, 0.2) is 0 Å². The summed E-state index contributed by atoms with van der Waals surface area (Å²) in [5, 5.41) is 6.70. The normalized spacial score (nSPS) is 14.8. The van der Waals surface area contributed by atoms with Crippen LogP contribution in [0.4, 0.5) is 5.69 Å². The first-order valence-corrected chi connectivity index (χ1v) is 10.7. The van der Waals surface area contributed by atoms with Gasteiger partial charge in [-0.2, -0.15) is 10.1 Å². The third-order valence-corrected chi connectivity index (χ3v) is 5.19. The second-order valence-corrected chi connectivity index (χ2v) is 7.65. The number of benzene rings is 3. The van der Waals surface area contributed by atoms with Crippen LogP contribution in [0, 0.1) is 0 Å². The molecule has 4 rings (SSSR count). The molecule has 0 bridgehead atoms. The van der Waals surface area contributed by atoms with E-state index in [9.17, 15) is 4.79 Å². The highest BCUT2D eigenvalue weighted by Gasteiger charge is 2.32. The molecule has 0 spiro atoms. The van der Waals surface area contributed by atoms with Crippen molar-refractivity contribution < 1.29 is 9.53 Å². The van der Waals surface area contributed by atoms with Gasteiger partial charge in [-0.3, -0.25) is 4.79 Å². The fraction of sp³-hybridized carbons (Fsp3) is 0.154. The Kier molecular flexibility index (Phi) is 6.48. The minimum absolute atomic E-state index is 0.190. The van der Waals surface area contributed by atoms with Crippen LogP contribution < -0.4 is 9.75 Å². The molecule has 0 fully saturated rings. The third kappa shape index (κ3) is 4.70. The van der Waals surface area contributed by atoms with Gasteiger partial charge in [-0.1, -0.05) is 73.5 Å². The number of hydrogen-bond donors (Lipinski definition) is 0. The standard InChI is InChI=1S/C26H23ClN2O2/c1-2-3-16-31-24-15-14-21(27)17-20(24)18-23-25(19-10-6-4-7-11-19)28-29(26(23)30)22-12-8-5-9-13-22/h4-15,17-18H,2-3,16H2,1H3/b23-18-. The number of unbranched alkanes of at least 4 members (excludes halogenated alkanes) is 1. The van der Waals surface area contributed by atoms with Gasteiger partial charge in [0.25, 0.3) is 5.91 Å². The number of rotatable bonds is 7. The summed E-state index contributed by atoms with van der Waals surface area (Å²) in [7, 11) is 0. The second kappa shape index (κ2) is 9.63. The Morgan fingerprint density at radius 2 is 1.71 bits per heavy atom. The van der Waals surface area contributed by atoms with Gasteiger partial charge in [-0.25, -0.2) is 0 Å². The average Bonchev–Trinajstić information content (AvgIpc) is 3.13. The van der Waals surface area contributed by atoms with Gasteiger partial charge in [0.1, 0.15) is 11.5 Å². The molecule has 0 radical (unpaired) electrons. The third-order valence-electron chi connectivity index (χ3n) is 4.95. The molecule has 4 nitrogen and oxygen atoms in total. The number of anilines is 1. The van der Waals surface area contributed by atoms with Crippen LogP contribution in [-0.2, 0) is 4.79 Å². The van der Waals surface area contributed by atoms with Crippen molar-refractivity contribution in [3.63, 3.8) is 0 Å². The number of para-hydroxylation sites is 1. The Morgan fingerprint density at radius 1 is 1.00 bits per heavy atom. The van der Waals surface area contributed by atoms with Gasteiger partial charge >= 0.3 is 0 Å². The molecule has 0 aromatic heterocycles. The molecular formula is C26H23ClN2O2. The quantitative estimate of drug-likeness (QED) is 0.323. The highest BCUT2D eigenvalue weighted by atomic mass is 35.5. The van der Waals surface area contributed by atoms with Crippen LogP contribution in [0.5, 0.6) is 5.75 Å². The number of ether oxygens (including phenoxy) is 1. The first-order valence-electron chi connectivity index (χ1n) is 10.4. The number of nitrogens with zero attached hydrogens (tertiary/aromatic N) is 2. The Bertz CT molecular complexity index is 1120. The Labute approximate surface area is 187 Å². The van der Waals surface area contributed by atoms with Crippen LogP contribution in [0.25, 0.3) is 6.08 Å². The molecule has 1 amide bonds. The van der Waals surface area contributed by atoms with E-state index in [2.05, 4.69) is 12.0 Å². The number of hydrazone groups is 1. The molecule has 0 saturated carbocycles. The summed E-state index contributed by atoms with van der Waals surface area (Å²) < 4.78 is 5.96. The summed E-state index contributed by atoms with van der Waals surface area (Å²) in [5.41, 5.74) is 3.46. The summed E-state index contributed by atoms with van der Waals surface area (Å²) in [6.07, 6.45) is 3.82. The summed E-state index contributed by atoms with van der Waals surface area (Å²) in [5.74, 6) is 0.508. The molecule has 0 atom stereocenters. The summed E-state index contributed by atoms with van der Waals surface area (Å²) >= 11 is 6.27. The van der Waals surface area contributed by atoms with E-state index in [-0.39, 0.29) is 5.91 Å². The van der Waals surface area contributed by atoms with Crippen molar-refractivity contribution in [3.8, 4) is 5.75 Å². The van der Waals surface area contributed by atoms with E-state index in [1.54, 1.807) is 6.07 Å². The van der Waals surface area contributed by atoms with E-state index in [1.165, 1.54) is 5.01 Å². The van der Waals surface area contributed by atoms with Crippen LogP contribution >= 0.6 is 11.6 Å². The molecule has 0 N–H and O–H groups in total. The summed E-state index contributed by atoms with van der Waals surface area (Å²) in [6, 6.07) is 24.6. The minimum Gasteiger partial charge on any atom is -0.493 e. The fourth-order valence-electron chi connectivity index (χ4n) is 3.34. The number of carbonyl (C=O) groups is 1. The van der Waals surface area contributed by atoms with Gasteiger partial charge in [-0.05, 0) is 42.8 Å². The Morgan fingerprint density at radius 3 is 2.42 bits per heavy atom. The van der Waals surface area contributed by atoms with Crippen molar-refractivity contribution in [2.24, 2.45) is 5.10 Å². The molecule has 1 aliphatic heterocycles. The maximum Gasteiger partial charge on any atom is 0.281 e. The molecule has 3 aromatic carbocycles. The first-order chi connectivity index (χ1) is 15.2. The van der Waals surface area contributed by atoms with Crippen molar-refractivity contribution in [1.29, 1.82) is 0 Å². The molecule has 0 aliphatic carbocycles. The Balaban J connectivity index is 1.79. The summed E-state index contributed by atoms with van der Waals surface area (Å²) in [4.78, 5) is 13.4. The van der Waals surface area contributed by atoms with E-state index in [0.29, 0.717) is 28.7 Å². The largest absolute Gasteiger partial charge is 0.493 e. The fourth-order valence-corrected chi connectivity index (χ4v) is 3.52. The highest BCUT2D eigenvalue weighted by Crippen LogP contribution is 2.31. The highest BCUT2D eigenvalue weighted by molar-refractivity contribution is 6.37. The van der Waals surface area contributed by atoms with E-state index < -0.39 is 0 Å². The molecule has 0 saturated heterocycles. The van der Waals surface area contributed by atoms with Crippen molar-refractivity contribution in [2.75, 3.05) is 11.6 Å². The maximum atomic E-state index is 13.4. The molecule has 5 heteroatoms. The number of halogens is 1. The zero-order valence-corrected chi connectivity index (χ0v) is 18.0. The second-order valence-electron chi connectivity index (χ2n) is 7.21. The van der Waals surface area contributed by atoms with Crippen LogP contribution in [0.1, 0.15) is 30.9 Å². The van der Waals surface area contributed by atoms with Crippen molar-refractivity contribution in [3.05, 3.63) is 101 Å². The lowest BCUT2D eigenvalue weighted by atomic mass is 10.00. The minimum atomic E-state index is -0.190. The average molecular weight is 431 g/mol. The molecule has 31 heavy (non-hydrogen) atoms. The molecule has 1 heterocycles. The first kappa shape index (κ1) is 20.9. The number of hydrogen-bond acceptors (Lipinski definition) is 3. The summed E-state index contributed by atoms with van der Waals surface area (Å²) in [6.45, 7) is 2.73. The molecule has 0 unspecified atom stereocenters. The lowest BCUT2D eigenvalue weighted by Crippen LogP contribution is -2.21. The smallest absolute Gasteiger partial charge is 0.281 e. The van der Waals surface area contributed by atoms with Crippen LogP contribution in [0.2, 0.25) is 5.02 Å². The topological polar surface area (TPSA) is 41.9 Å². The molecular weight excluding hydrogens is 408 g/mol. The number of carbonyl (C=O) groups excluding carboxylic acids is 1. The van der Waals surface area contributed by atoms with Crippen LogP contribution in [-0.4, -0.2) is 18.2 Å². The Hall–Kier alpha value is -3.37. The monoisotopic (exact) mass is 430 g/mol. The van der Waals surface area contributed by atoms with Gasteiger partial charge in [0, 0.05) is 16.1 Å². The van der Waals surface area contributed by atoms with E-state index in [0.717, 1.165) is 29.7 Å². The van der Waals surface area contributed by atoms with Crippen LogP contribution in [0.3, 0.4) is 0 Å². The van der Waals surface area contributed by atoms with E-state index in [4.69, 9.17) is 16.3 Å². The molecule has 1 aliphatic rings. The van der Waals surface area contributed by atoms with Crippen molar-refractivity contribution in [2.45, 2.75) is 19.8 Å². The maximum absolute atomic E-state index is 13.4. The lowest BCUT2D eigenvalue weighted by Gasteiger charge is -2.12. The van der Waals surface area contributed by atoms with Gasteiger partial charge in [0.2, 0.25) is 0 Å². The lowest BCUT2D eigenvalue weighted by molar-refractivity contribution is -0.114. The van der Waals surface area contributed by atoms with Crippen molar-refractivity contribution in [1.82, 2.24) is 0 Å². The van der Waals surface area contributed by atoms with Crippen molar-refractivity contribution >= 4 is 35.0 Å². The van der Waals surface area contributed by atoms with E-state index in [1.807, 2.05) is 78.9 Å². The predicted molar refractivity (Wildman–Crippen MR) is 127 cm³/mol. The molecule has 156 valence electrons. The van der Waals surface area contributed by atoms with Crippen LogP contribution in [0.15, 0.2) is 89.5 Å². The van der Waals surface area contributed by atoms with Gasteiger partial charge < -0.3 is 4.74 Å². The van der Waals surface area contributed by atoms with Gasteiger partial charge in [-0.15, -0.1) is 0 Å². The SMILES string of the molecule is CCCCOc1ccc(Cl)cc1/C=C1\C(=O)N(c2ccccc2)N=C1c1ccccc1. The predicted octanol–water partition coefficient (Wildman–Crippen LogP) is 6.35. The zero-order valence-electron chi connectivity index (χ0n) is 17.3. The molecule has 3 aromatic rings.